The molecule has 1 atom stereocenters. The molecule has 0 spiro atoms. The summed E-state index contributed by atoms with van der Waals surface area (Å²) < 4.78 is 56.8. The quantitative estimate of drug-likeness (QED) is 0.390. The highest BCUT2D eigenvalue weighted by Crippen LogP contribution is 2.40. The van der Waals surface area contributed by atoms with Gasteiger partial charge in [-0.15, -0.1) is 5.10 Å². The van der Waals surface area contributed by atoms with Crippen LogP contribution in [-0.2, 0) is 22.1 Å². The molecule has 12 heteroatoms. The van der Waals surface area contributed by atoms with E-state index in [4.69, 9.17) is 27.9 Å². The van der Waals surface area contributed by atoms with Crippen molar-refractivity contribution in [3.05, 3.63) is 33.4 Å². The normalized spacial score (nSPS) is 13.0. The molecule has 0 N–H and O–H groups in total. The Kier molecular flexibility index (Phi) is 6.64. The minimum absolute atomic E-state index is 0.0273. The van der Waals surface area contributed by atoms with Crippen LogP contribution in [0.5, 0.6) is 0 Å². The van der Waals surface area contributed by atoms with E-state index in [2.05, 4.69) is 10.1 Å². The summed E-state index contributed by atoms with van der Waals surface area (Å²) in [7, 11) is 0. The number of nitrogens with zero attached hydrogens (tertiary/aromatic N) is 4. The van der Waals surface area contributed by atoms with E-state index in [1.54, 1.807) is 13.0 Å². The second kappa shape index (κ2) is 8.39. The van der Waals surface area contributed by atoms with Crippen LogP contribution in [0.1, 0.15) is 18.2 Å². The topological polar surface area (TPSA) is 86.3 Å². The van der Waals surface area contributed by atoms with Gasteiger partial charge in [-0.25, -0.2) is 4.68 Å². The van der Waals surface area contributed by atoms with E-state index < -0.39 is 22.9 Å². The van der Waals surface area contributed by atoms with Crippen molar-refractivity contribution in [2.75, 3.05) is 12.9 Å². The zero-order valence-corrected chi connectivity index (χ0v) is 16.2. The van der Waals surface area contributed by atoms with Crippen LogP contribution in [0, 0.1) is 11.3 Å². The second-order valence-electron chi connectivity index (χ2n) is 4.96. The van der Waals surface area contributed by atoms with Crippen molar-refractivity contribution < 1.29 is 22.5 Å². The molecule has 0 saturated carbocycles. The van der Waals surface area contributed by atoms with Gasteiger partial charge in [0.05, 0.1) is 22.2 Å². The van der Waals surface area contributed by atoms with Crippen LogP contribution in [0.4, 0.5) is 19.0 Å². The minimum Gasteiger partial charge on any atom is -0.611 e. The van der Waals surface area contributed by atoms with Crippen LogP contribution in [0.25, 0.3) is 5.69 Å². The number of alkyl halides is 3. The molecule has 0 radical (unpaired) electrons. The van der Waals surface area contributed by atoms with Crippen LogP contribution in [-0.4, -0.2) is 33.6 Å². The molecule has 0 bridgehead atoms. The molecule has 1 heterocycles. The fourth-order valence-electron chi connectivity index (χ4n) is 2.10. The zero-order valence-electron chi connectivity index (χ0n) is 13.8. The summed E-state index contributed by atoms with van der Waals surface area (Å²) in [4.78, 5) is 3.96. The van der Waals surface area contributed by atoms with Crippen LogP contribution >= 0.6 is 23.2 Å². The Bertz CT molecular complexity index is 900. The minimum atomic E-state index is -4.65. The number of halogens is 5. The fraction of sp³-hybridized carbons (Fsp3) is 0.267. The van der Waals surface area contributed by atoms with Crippen molar-refractivity contribution in [1.29, 1.82) is 5.26 Å². The van der Waals surface area contributed by atoms with E-state index in [1.165, 1.54) is 6.26 Å². The molecule has 2 rings (SSSR count). The lowest BCUT2D eigenvalue weighted by atomic mass is 10.2. The van der Waals surface area contributed by atoms with E-state index in [9.17, 15) is 23.0 Å². The van der Waals surface area contributed by atoms with Gasteiger partial charge in [-0.05, 0) is 30.2 Å². The molecule has 0 saturated heterocycles. The Morgan fingerprint density at radius 3 is 2.44 bits per heavy atom. The maximum Gasteiger partial charge on any atom is 0.416 e. The van der Waals surface area contributed by atoms with E-state index in [0.29, 0.717) is 12.1 Å². The standard InChI is InChI=1S/C15H11Cl2F3N4O2S/c1-3-26-7-22-14-13(27(2)25)11(6-21)23-24(14)12-9(16)4-8(5-10(12)17)15(18,19)20/h4-5,7H,3H2,1-2H3. The van der Waals surface area contributed by atoms with Crippen LogP contribution < -0.4 is 0 Å². The average Bonchev–Trinajstić information content (AvgIpc) is 2.92. The molecule has 6 nitrogen and oxygen atoms in total. The number of aromatic nitrogens is 2. The summed E-state index contributed by atoms with van der Waals surface area (Å²) in [5, 5.41) is 12.5. The molecule has 1 aromatic heterocycles. The lowest BCUT2D eigenvalue weighted by molar-refractivity contribution is -0.137. The molecule has 144 valence electrons. The molecule has 1 unspecified atom stereocenters. The summed E-state index contributed by atoms with van der Waals surface area (Å²) in [6, 6.07) is 3.12. The van der Waals surface area contributed by atoms with Crippen molar-refractivity contribution >= 4 is 46.6 Å². The molecule has 0 amide bonds. The van der Waals surface area contributed by atoms with Crippen molar-refractivity contribution in [2.24, 2.45) is 4.99 Å². The second-order valence-corrected chi connectivity index (χ2v) is 7.09. The number of hydrogen-bond acceptors (Lipinski definition) is 5. The van der Waals surface area contributed by atoms with Gasteiger partial charge in [-0.2, -0.15) is 23.4 Å². The van der Waals surface area contributed by atoms with E-state index in [0.717, 1.165) is 11.1 Å². The number of rotatable bonds is 5. The largest absolute Gasteiger partial charge is 0.611 e. The Morgan fingerprint density at radius 2 is 2.00 bits per heavy atom. The fourth-order valence-corrected chi connectivity index (χ4v) is 3.50. The number of ether oxygens (including phenoxy) is 1. The Labute approximate surface area is 165 Å². The van der Waals surface area contributed by atoms with Gasteiger partial charge in [0.1, 0.15) is 18.0 Å². The highest BCUT2D eigenvalue weighted by molar-refractivity contribution is 7.91. The van der Waals surface area contributed by atoms with Gasteiger partial charge >= 0.3 is 6.18 Å². The summed E-state index contributed by atoms with van der Waals surface area (Å²) in [5.74, 6) is -0.0932. The lowest BCUT2D eigenvalue weighted by Gasteiger charge is -2.13. The lowest BCUT2D eigenvalue weighted by Crippen LogP contribution is -2.07. The van der Waals surface area contributed by atoms with Crippen molar-refractivity contribution in [2.45, 2.75) is 18.0 Å². The van der Waals surface area contributed by atoms with Crippen molar-refractivity contribution in [3.8, 4) is 11.8 Å². The monoisotopic (exact) mass is 438 g/mol. The predicted molar refractivity (Wildman–Crippen MR) is 95.4 cm³/mol. The number of benzene rings is 1. The van der Waals surface area contributed by atoms with Gasteiger partial charge in [0.2, 0.25) is 16.4 Å². The molecular weight excluding hydrogens is 428 g/mol. The summed E-state index contributed by atoms with van der Waals surface area (Å²) in [6.45, 7) is 1.99. The highest BCUT2D eigenvalue weighted by Gasteiger charge is 2.34. The van der Waals surface area contributed by atoms with Crippen LogP contribution in [0.15, 0.2) is 22.0 Å². The summed E-state index contributed by atoms with van der Waals surface area (Å²) in [5.41, 5.74) is -1.41. The summed E-state index contributed by atoms with van der Waals surface area (Å²) >= 11 is 10.3. The Morgan fingerprint density at radius 1 is 1.41 bits per heavy atom. The zero-order chi connectivity index (χ0) is 20.4. The molecule has 0 aliphatic rings. The van der Waals surface area contributed by atoms with Crippen molar-refractivity contribution in [1.82, 2.24) is 9.78 Å². The number of aliphatic imine (C=N–C) groups is 1. The Balaban J connectivity index is 2.77. The van der Waals surface area contributed by atoms with Crippen molar-refractivity contribution in [3.63, 3.8) is 0 Å². The average molecular weight is 439 g/mol. The molecule has 0 aliphatic carbocycles. The van der Waals surface area contributed by atoms with Gasteiger partial charge in [0.25, 0.3) is 0 Å². The maximum absolute atomic E-state index is 12.9. The summed E-state index contributed by atoms with van der Waals surface area (Å²) in [6.07, 6.45) is -2.31. The molecule has 27 heavy (non-hydrogen) atoms. The Hall–Kier alpha value is -1.93. The van der Waals surface area contributed by atoms with Gasteiger partial charge in [0, 0.05) is 0 Å². The first-order valence-corrected chi connectivity index (χ1v) is 9.50. The number of hydrogen-bond donors (Lipinski definition) is 0. The third-order valence-corrected chi connectivity index (χ3v) is 4.71. The smallest absolute Gasteiger partial charge is 0.416 e. The van der Waals surface area contributed by atoms with Crippen LogP contribution in [0.2, 0.25) is 10.0 Å². The van der Waals surface area contributed by atoms with E-state index in [1.807, 2.05) is 0 Å². The van der Waals surface area contributed by atoms with Gasteiger partial charge in [-0.1, -0.05) is 23.2 Å². The highest BCUT2D eigenvalue weighted by atomic mass is 35.5. The number of nitriles is 1. The molecule has 0 fully saturated rings. The predicted octanol–water partition coefficient (Wildman–Crippen LogP) is 4.50. The first kappa shape index (κ1) is 21.4. The van der Waals surface area contributed by atoms with Crippen LogP contribution in [0.3, 0.4) is 0 Å². The SMILES string of the molecule is CCOC=Nc1c([S+](C)[O-])c(C#N)nn1-c1c(Cl)cc(C(F)(F)F)cc1Cl. The molecular formula is C15H11Cl2F3N4O2S. The van der Waals surface area contributed by atoms with Gasteiger partial charge in [-0.3, -0.25) is 0 Å². The van der Waals surface area contributed by atoms with Gasteiger partial charge in [0.15, 0.2) is 6.40 Å². The van der Waals surface area contributed by atoms with Gasteiger partial charge < -0.3 is 9.29 Å². The van der Waals surface area contributed by atoms with E-state index >= 15 is 0 Å². The third kappa shape index (κ3) is 4.50. The molecule has 2 aromatic rings. The molecule has 0 aliphatic heterocycles. The first-order chi connectivity index (χ1) is 12.6. The maximum atomic E-state index is 12.9. The van der Waals surface area contributed by atoms with E-state index in [-0.39, 0.29) is 38.7 Å². The third-order valence-electron chi connectivity index (χ3n) is 3.18. The molecule has 1 aromatic carbocycles. The first-order valence-electron chi connectivity index (χ1n) is 7.19.